The number of nitrogens with zero attached hydrogens (tertiary/aromatic N) is 2. The average molecular weight is 464 g/mol. The Morgan fingerprint density at radius 2 is 1.79 bits per heavy atom. The van der Waals surface area contributed by atoms with Crippen molar-refractivity contribution in [1.29, 1.82) is 0 Å². The minimum absolute atomic E-state index is 0.0454. The molecule has 6 nitrogen and oxygen atoms in total. The van der Waals surface area contributed by atoms with Crippen LogP contribution in [0.3, 0.4) is 0 Å². The predicted molar refractivity (Wildman–Crippen MR) is 133 cm³/mol. The monoisotopic (exact) mass is 463 g/mol. The molecule has 1 amide bonds. The molecule has 0 radical (unpaired) electrons. The Bertz CT molecular complexity index is 1010. The summed E-state index contributed by atoms with van der Waals surface area (Å²) in [6.07, 6.45) is 10.6. The second kappa shape index (κ2) is 10.0. The minimum Gasteiger partial charge on any atom is -0.393 e. The van der Waals surface area contributed by atoms with E-state index in [2.05, 4.69) is 46.1 Å². The van der Waals surface area contributed by atoms with Crippen molar-refractivity contribution in [3.8, 4) is 0 Å². The third kappa shape index (κ3) is 4.71. The highest BCUT2D eigenvalue weighted by molar-refractivity contribution is 5.93. The zero-order valence-corrected chi connectivity index (χ0v) is 20.1. The molecule has 2 unspecified atom stereocenters. The number of carbonyl (C=O) groups is 1. The number of aliphatic hydroxyl groups is 2. The lowest BCUT2D eigenvalue weighted by atomic mass is 9.77. The van der Waals surface area contributed by atoms with Crippen LogP contribution < -0.4 is 5.32 Å². The van der Waals surface area contributed by atoms with E-state index in [0.717, 1.165) is 57.1 Å². The van der Waals surface area contributed by atoms with E-state index in [1.54, 1.807) is 0 Å². The van der Waals surface area contributed by atoms with Crippen molar-refractivity contribution in [3.63, 3.8) is 0 Å². The van der Waals surface area contributed by atoms with E-state index in [1.165, 1.54) is 16.7 Å². The van der Waals surface area contributed by atoms with Gasteiger partial charge in [0, 0.05) is 12.0 Å². The lowest BCUT2D eigenvalue weighted by molar-refractivity contribution is -0.127. The van der Waals surface area contributed by atoms with E-state index in [1.807, 2.05) is 18.6 Å². The Hall–Kier alpha value is -2.44. The van der Waals surface area contributed by atoms with Crippen LogP contribution in [0, 0.1) is 11.8 Å². The van der Waals surface area contributed by atoms with Crippen LogP contribution in [-0.4, -0.2) is 43.9 Å². The van der Waals surface area contributed by atoms with Crippen molar-refractivity contribution >= 4 is 17.1 Å². The van der Waals surface area contributed by atoms with Gasteiger partial charge >= 0.3 is 0 Å². The summed E-state index contributed by atoms with van der Waals surface area (Å²) < 4.78 is 2.21. The van der Waals surface area contributed by atoms with E-state index in [-0.39, 0.29) is 35.9 Å². The quantitative estimate of drug-likeness (QED) is 0.595. The Morgan fingerprint density at radius 1 is 1.09 bits per heavy atom. The van der Waals surface area contributed by atoms with E-state index in [4.69, 9.17) is 0 Å². The average Bonchev–Trinajstić information content (AvgIpc) is 3.44. The van der Waals surface area contributed by atoms with Gasteiger partial charge in [-0.15, -0.1) is 0 Å². The zero-order chi connectivity index (χ0) is 23.7. The molecule has 6 heteroatoms. The Labute approximate surface area is 202 Å². The first-order valence-corrected chi connectivity index (χ1v) is 13.0. The van der Waals surface area contributed by atoms with Gasteiger partial charge in [0.25, 0.3) is 0 Å². The third-order valence-electron chi connectivity index (χ3n) is 8.40. The van der Waals surface area contributed by atoms with Crippen molar-refractivity contribution in [3.05, 3.63) is 54.1 Å². The van der Waals surface area contributed by atoms with Crippen LogP contribution in [-0.2, 0) is 4.79 Å². The molecular weight excluding hydrogens is 426 g/mol. The largest absolute Gasteiger partial charge is 0.393 e. The molecule has 0 bridgehead atoms. The maximum Gasteiger partial charge on any atom is 0.223 e. The Kier molecular flexibility index (Phi) is 6.89. The van der Waals surface area contributed by atoms with E-state index >= 15 is 0 Å². The second-order valence-electron chi connectivity index (χ2n) is 10.5. The molecule has 0 spiro atoms. The first kappa shape index (κ1) is 23.3. The number of benzene rings is 1. The Morgan fingerprint density at radius 3 is 2.50 bits per heavy atom. The first-order valence-electron chi connectivity index (χ1n) is 13.0. The molecule has 2 heterocycles. The maximum absolute atomic E-state index is 12.8. The van der Waals surface area contributed by atoms with Crippen LogP contribution in [0.4, 0.5) is 0 Å². The second-order valence-corrected chi connectivity index (χ2v) is 10.5. The molecule has 2 fully saturated rings. The molecule has 2 atom stereocenters. The Balaban J connectivity index is 1.19. The molecule has 3 aliphatic rings. The van der Waals surface area contributed by atoms with Gasteiger partial charge in [-0.1, -0.05) is 30.3 Å². The van der Waals surface area contributed by atoms with Gasteiger partial charge in [0.1, 0.15) is 0 Å². The molecule has 0 saturated heterocycles. The predicted octanol–water partition coefficient (Wildman–Crippen LogP) is 4.35. The number of rotatable bonds is 6. The fourth-order valence-corrected chi connectivity index (χ4v) is 6.36. The van der Waals surface area contributed by atoms with Crippen LogP contribution in [0.2, 0.25) is 0 Å². The summed E-state index contributed by atoms with van der Waals surface area (Å²) >= 11 is 0. The van der Waals surface area contributed by atoms with Crippen molar-refractivity contribution in [2.45, 2.75) is 89.0 Å². The van der Waals surface area contributed by atoms with Gasteiger partial charge in [-0.2, -0.15) is 0 Å². The number of aliphatic hydroxyl groups excluding tert-OH is 2. The lowest BCUT2D eigenvalue weighted by Gasteiger charge is -2.34. The SMILES string of the molecule is CC1=C(c2ccccc2)C(CC(O)C2CCC(C(=O)NC3CCC(O)CC3)CC2)n2cncc21. The molecule has 3 N–H and O–H groups in total. The highest BCUT2D eigenvalue weighted by atomic mass is 16.3. The molecular formula is C28H37N3O3. The summed E-state index contributed by atoms with van der Waals surface area (Å²) in [4.78, 5) is 17.2. The van der Waals surface area contributed by atoms with Crippen LogP contribution in [0.1, 0.15) is 82.0 Å². The van der Waals surface area contributed by atoms with Crippen molar-refractivity contribution in [2.24, 2.45) is 11.8 Å². The van der Waals surface area contributed by atoms with Gasteiger partial charge in [0.05, 0.1) is 36.5 Å². The van der Waals surface area contributed by atoms with Crippen LogP contribution in [0.5, 0.6) is 0 Å². The zero-order valence-electron chi connectivity index (χ0n) is 20.1. The molecule has 2 aromatic rings. The van der Waals surface area contributed by atoms with Crippen LogP contribution >= 0.6 is 0 Å². The highest BCUT2D eigenvalue weighted by Gasteiger charge is 2.36. The summed E-state index contributed by atoms with van der Waals surface area (Å²) in [5.41, 5.74) is 4.85. The summed E-state index contributed by atoms with van der Waals surface area (Å²) in [7, 11) is 0. The fourth-order valence-electron chi connectivity index (χ4n) is 6.36. The number of carbonyl (C=O) groups excluding carboxylic acids is 1. The fraction of sp³-hybridized carbons (Fsp3) is 0.571. The first-order chi connectivity index (χ1) is 16.5. The van der Waals surface area contributed by atoms with Crippen molar-refractivity contribution < 1.29 is 15.0 Å². The number of nitrogens with one attached hydrogen (secondary N) is 1. The van der Waals surface area contributed by atoms with E-state index in [0.29, 0.717) is 6.42 Å². The summed E-state index contributed by atoms with van der Waals surface area (Å²) in [6, 6.07) is 10.7. The van der Waals surface area contributed by atoms with E-state index in [9.17, 15) is 15.0 Å². The third-order valence-corrected chi connectivity index (χ3v) is 8.40. The number of aromatic nitrogens is 2. The summed E-state index contributed by atoms with van der Waals surface area (Å²) in [6.45, 7) is 2.15. The number of amides is 1. The standard InChI is InChI=1S/C28H37N3O3/c1-18-25-16-29-17-31(25)24(27(18)20-5-3-2-4-6-20)15-26(33)19-7-9-21(10-8-19)28(34)30-22-11-13-23(32)14-12-22/h2-6,16-17,19,21-24,26,32-33H,7-15H2,1H3,(H,30,34). The molecule has 34 heavy (non-hydrogen) atoms. The smallest absolute Gasteiger partial charge is 0.223 e. The number of hydrogen-bond acceptors (Lipinski definition) is 4. The van der Waals surface area contributed by atoms with Gasteiger partial charge in [-0.25, -0.2) is 4.98 Å². The molecule has 2 aliphatic carbocycles. The van der Waals surface area contributed by atoms with Gasteiger partial charge < -0.3 is 20.1 Å². The van der Waals surface area contributed by atoms with Crippen molar-refractivity contribution in [2.75, 3.05) is 0 Å². The lowest BCUT2D eigenvalue weighted by Crippen LogP contribution is -2.43. The van der Waals surface area contributed by atoms with Crippen LogP contribution in [0.15, 0.2) is 42.9 Å². The molecule has 1 aliphatic heterocycles. The normalized spacial score (nSPS) is 30.1. The van der Waals surface area contributed by atoms with Gasteiger partial charge in [0.15, 0.2) is 0 Å². The molecule has 1 aromatic carbocycles. The van der Waals surface area contributed by atoms with Gasteiger partial charge in [-0.05, 0) is 87.3 Å². The highest BCUT2D eigenvalue weighted by Crippen LogP contribution is 2.45. The summed E-state index contributed by atoms with van der Waals surface area (Å²) in [5, 5.41) is 24.2. The van der Waals surface area contributed by atoms with E-state index < -0.39 is 6.10 Å². The molecule has 182 valence electrons. The number of imidazole rings is 1. The minimum atomic E-state index is -0.409. The molecule has 1 aromatic heterocycles. The van der Waals surface area contributed by atoms with Crippen molar-refractivity contribution in [1.82, 2.24) is 14.9 Å². The topological polar surface area (TPSA) is 87.4 Å². The summed E-state index contributed by atoms with van der Waals surface area (Å²) in [5.74, 6) is 0.431. The van der Waals surface area contributed by atoms with Gasteiger partial charge in [0.2, 0.25) is 5.91 Å². The number of fused-ring (bicyclic) bond motifs is 1. The molecule has 5 rings (SSSR count). The molecule has 2 saturated carbocycles. The van der Waals surface area contributed by atoms with Crippen LogP contribution in [0.25, 0.3) is 11.1 Å². The van der Waals surface area contributed by atoms with Gasteiger partial charge in [-0.3, -0.25) is 4.79 Å². The maximum atomic E-state index is 12.8. The number of allylic oxidation sites excluding steroid dienone is 2. The number of hydrogen-bond donors (Lipinski definition) is 3.